The first-order chi connectivity index (χ1) is 21.2. The minimum absolute atomic E-state index is 0.00477. The molecule has 234 valence electrons. The summed E-state index contributed by atoms with van der Waals surface area (Å²) in [5, 5.41) is 2.67. The maximum atomic E-state index is 15.5. The molecule has 1 atom stereocenters. The molecule has 0 fully saturated rings. The Kier molecular flexibility index (Phi) is 8.86. The van der Waals surface area contributed by atoms with Gasteiger partial charge >= 0.3 is 6.09 Å². The smallest absolute Gasteiger partial charge is 0.408 e. The number of hydrogen-bond donors (Lipinski definition) is 1. The van der Waals surface area contributed by atoms with Gasteiger partial charge < -0.3 is 19.7 Å². The Morgan fingerprint density at radius 3 is 2.27 bits per heavy atom. The molecule has 12 heteroatoms. The SMILES string of the molecule is COc1ccc(-c2ccc(CN3C(=O)[C@@H](NC(=O)OC(C)(C)C)CS(=O)(=O)c4cc(F)c(-c5cncc(Cl)c5)cc43)cc2)cc1. The fourth-order valence-corrected chi connectivity index (χ4v) is 6.75. The topological polar surface area (TPSA) is 115 Å². The van der Waals surface area contributed by atoms with Gasteiger partial charge in [0.05, 0.1) is 35.0 Å². The Bertz CT molecular complexity index is 1860. The Morgan fingerprint density at radius 2 is 1.67 bits per heavy atom. The molecule has 0 saturated carbocycles. The molecule has 9 nitrogen and oxygen atoms in total. The van der Waals surface area contributed by atoms with Crippen LogP contribution in [0.2, 0.25) is 5.02 Å². The molecule has 1 aromatic heterocycles. The summed E-state index contributed by atoms with van der Waals surface area (Å²) in [6.07, 6.45) is 1.82. The Labute approximate surface area is 265 Å². The maximum absolute atomic E-state index is 15.5. The number of carbonyl (C=O) groups is 2. The van der Waals surface area contributed by atoms with Gasteiger partial charge in [-0.25, -0.2) is 17.6 Å². The number of methoxy groups -OCH3 is 1. The van der Waals surface area contributed by atoms with E-state index in [1.54, 1.807) is 27.9 Å². The molecule has 1 aliphatic heterocycles. The summed E-state index contributed by atoms with van der Waals surface area (Å²) in [6, 6.07) is 17.1. The fourth-order valence-electron chi connectivity index (χ4n) is 4.96. The van der Waals surface area contributed by atoms with Gasteiger partial charge in [0.15, 0.2) is 9.84 Å². The van der Waals surface area contributed by atoms with Gasteiger partial charge in [-0.3, -0.25) is 9.78 Å². The quantitative estimate of drug-likeness (QED) is 0.255. The first kappa shape index (κ1) is 31.9. The van der Waals surface area contributed by atoms with Crippen molar-refractivity contribution in [2.24, 2.45) is 0 Å². The van der Waals surface area contributed by atoms with E-state index in [9.17, 15) is 18.0 Å². The second-order valence-electron chi connectivity index (χ2n) is 11.5. The second kappa shape index (κ2) is 12.5. The molecule has 4 aromatic rings. The molecule has 2 heterocycles. The number of alkyl carbamates (subject to hydrolysis) is 1. The van der Waals surface area contributed by atoms with Crippen LogP contribution in [0.3, 0.4) is 0 Å². The number of nitrogens with zero attached hydrogens (tertiary/aromatic N) is 2. The van der Waals surface area contributed by atoms with E-state index in [0.717, 1.165) is 22.9 Å². The minimum Gasteiger partial charge on any atom is -0.497 e. The van der Waals surface area contributed by atoms with Gasteiger partial charge in [0, 0.05) is 23.5 Å². The maximum Gasteiger partial charge on any atom is 0.408 e. The average Bonchev–Trinajstić information content (AvgIpc) is 3.05. The van der Waals surface area contributed by atoms with Gasteiger partial charge in [0.1, 0.15) is 23.2 Å². The molecule has 1 N–H and O–H groups in total. The molecular formula is C33H31ClFN3O6S. The van der Waals surface area contributed by atoms with E-state index in [2.05, 4.69) is 10.3 Å². The second-order valence-corrected chi connectivity index (χ2v) is 14.0. The summed E-state index contributed by atoms with van der Waals surface area (Å²) in [5.41, 5.74) is 1.89. The number of pyridine rings is 1. The normalized spacial score (nSPS) is 16.0. The first-order valence-corrected chi connectivity index (χ1v) is 16.0. The molecule has 1 aliphatic rings. The number of hydrogen-bond acceptors (Lipinski definition) is 7. The zero-order valence-corrected chi connectivity index (χ0v) is 26.6. The van der Waals surface area contributed by atoms with Crippen LogP contribution in [0.15, 0.2) is 84.0 Å². The van der Waals surface area contributed by atoms with Crippen molar-refractivity contribution >= 4 is 39.1 Å². The highest BCUT2D eigenvalue weighted by Gasteiger charge is 2.40. The number of amides is 2. The van der Waals surface area contributed by atoms with E-state index in [1.807, 2.05) is 48.5 Å². The summed E-state index contributed by atoms with van der Waals surface area (Å²) in [7, 11) is -2.69. The lowest BCUT2D eigenvalue weighted by molar-refractivity contribution is -0.120. The Morgan fingerprint density at radius 1 is 1.02 bits per heavy atom. The highest BCUT2D eigenvalue weighted by molar-refractivity contribution is 7.91. The van der Waals surface area contributed by atoms with E-state index in [1.165, 1.54) is 29.4 Å². The van der Waals surface area contributed by atoms with Gasteiger partial charge in [-0.2, -0.15) is 0 Å². The molecule has 3 aromatic carbocycles. The van der Waals surface area contributed by atoms with Crippen LogP contribution in [0.4, 0.5) is 14.9 Å². The van der Waals surface area contributed by atoms with Gasteiger partial charge in [-0.05, 0) is 67.8 Å². The lowest BCUT2D eigenvalue weighted by Crippen LogP contribution is -2.51. The molecule has 5 rings (SSSR count). The number of nitrogens with one attached hydrogen (secondary N) is 1. The van der Waals surface area contributed by atoms with Gasteiger partial charge in [-0.15, -0.1) is 0 Å². The summed E-state index contributed by atoms with van der Waals surface area (Å²) in [6.45, 7) is 4.86. The number of benzene rings is 3. The lowest BCUT2D eigenvalue weighted by atomic mass is 10.0. The number of carbonyl (C=O) groups excluding carboxylic acids is 2. The molecule has 0 aliphatic carbocycles. The molecule has 0 spiro atoms. The van der Waals surface area contributed by atoms with E-state index >= 15 is 4.39 Å². The van der Waals surface area contributed by atoms with E-state index in [-0.39, 0.29) is 27.7 Å². The average molecular weight is 652 g/mol. The van der Waals surface area contributed by atoms with Crippen LogP contribution in [0.1, 0.15) is 26.3 Å². The number of anilines is 1. The van der Waals surface area contributed by atoms with Crippen molar-refractivity contribution in [2.75, 3.05) is 17.8 Å². The van der Waals surface area contributed by atoms with Crippen LogP contribution in [0, 0.1) is 5.82 Å². The number of aromatic nitrogens is 1. The van der Waals surface area contributed by atoms with E-state index < -0.39 is 45.1 Å². The number of halogens is 2. The van der Waals surface area contributed by atoms with Crippen molar-refractivity contribution in [2.45, 2.75) is 43.9 Å². The summed E-state index contributed by atoms with van der Waals surface area (Å²) in [4.78, 5) is 31.6. The molecule has 2 amide bonds. The monoisotopic (exact) mass is 651 g/mol. The largest absolute Gasteiger partial charge is 0.497 e. The highest BCUT2D eigenvalue weighted by Crippen LogP contribution is 2.38. The van der Waals surface area contributed by atoms with E-state index in [0.29, 0.717) is 11.1 Å². The van der Waals surface area contributed by atoms with Crippen LogP contribution in [-0.2, 0) is 25.9 Å². The predicted octanol–water partition coefficient (Wildman–Crippen LogP) is 6.43. The summed E-state index contributed by atoms with van der Waals surface area (Å²) in [5.74, 6) is -1.61. The summed E-state index contributed by atoms with van der Waals surface area (Å²) < 4.78 is 53.3. The zero-order chi connectivity index (χ0) is 32.5. The van der Waals surface area contributed by atoms with Gasteiger partial charge in [-0.1, -0.05) is 48.0 Å². The fraction of sp³-hybridized carbons (Fsp3) is 0.242. The van der Waals surface area contributed by atoms with E-state index in [4.69, 9.17) is 21.1 Å². The van der Waals surface area contributed by atoms with Crippen molar-refractivity contribution in [3.8, 4) is 28.0 Å². The van der Waals surface area contributed by atoms with Gasteiger partial charge in [0.2, 0.25) is 0 Å². The van der Waals surface area contributed by atoms with Crippen molar-refractivity contribution in [1.82, 2.24) is 10.3 Å². The number of rotatable bonds is 6. The predicted molar refractivity (Wildman–Crippen MR) is 169 cm³/mol. The highest BCUT2D eigenvalue weighted by atomic mass is 35.5. The molecule has 45 heavy (non-hydrogen) atoms. The molecule has 0 saturated heterocycles. The molecular weight excluding hydrogens is 621 g/mol. The van der Waals surface area contributed by atoms with Gasteiger partial charge in [0.25, 0.3) is 5.91 Å². The van der Waals surface area contributed by atoms with Crippen LogP contribution in [0.25, 0.3) is 22.3 Å². The third-order valence-corrected chi connectivity index (χ3v) is 9.03. The lowest BCUT2D eigenvalue weighted by Gasteiger charge is -2.27. The number of sulfone groups is 1. The Balaban J connectivity index is 1.58. The van der Waals surface area contributed by atoms with Crippen molar-refractivity contribution < 1.29 is 31.9 Å². The third kappa shape index (κ3) is 7.26. The summed E-state index contributed by atoms with van der Waals surface area (Å²) >= 11 is 6.10. The molecule has 0 radical (unpaired) electrons. The third-order valence-electron chi connectivity index (χ3n) is 7.05. The van der Waals surface area contributed by atoms with Crippen LogP contribution < -0.4 is 15.0 Å². The zero-order valence-electron chi connectivity index (χ0n) is 25.0. The van der Waals surface area contributed by atoms with Crippen LogP contribution in [-0.4, -0.2) is 49.9 Å². The van der Waals surface area contributed by atoms with Crippen molar-refractivity contribution in [1.29, 1.82) is 0 Å². The van der Waals surface area contributed by atoms with Crippen LogP contribution >= 0.6 is 11.6 Å². The number of fused-ring (bicyclic) bond motifs is 1. The van der Waals surface area contributed by atoms with Crippen LogP contribution in [0.5, 0.6) is 5.75 Å². The molecule has 0 unspecified atom stereocenters. The van der Waals surface area contributed by atoms with Crippen molar-refractivity contribution in [3.05, 3.63) is 95.5 Å². The first-order valence-electron chi connectivity index (χ1n) is 14.0. The Hall–Kier alpha value is -4.48. The standard InChI is InChI=1S/C33H31ClFN3O6S/c1-33(2,3)44-32(40)37-28-19-45(41,42)30-15-27(35)26(23-13-24(34)17-36-16-23)14-29(30)38(31(28)39)18-20-5-7-21(8-6-20)22-9-11-25(43-4)12-10-22/h5-17,28H,18-19H2,1-4H3,(H,37,40)/t28-/m0/s1. The molecule has 0 bridgehead atoms. The minimum atomic E-state index is -4.28. The number of ether oxygens (including phenoxy) is 2. The van der Waals surface area contributed by atoms with Crippen molar-refractivity contribution in [3.63, 3.8) is 0 Å².